The largest absolute Gasteiger partial charge is 0.354 e. The Morgan fingerprint density at radius 3 is 2.43 bits per heavy atom. The molecule has 5 nitrogen and oxygen atoms in total. The molecule has 2 atom stereocenters. The Morgan fingerprint density at radius 1 is 1.13 bits per heavy atom. The molecule has 0 bridgehead atoms. The average molecular weight is 340 g/mol. The van der Waals surface area contributed by atoms with Crippen molar-refractivity contribution in [3.05, 3.63) is 35.4 Å². The first-order valence-corrected chi connectivity index (χ1v) is 7.94. The van der Waals surface area contributed by atoms with Crippen molar-refractivity contribution >= 4 is 24.2 Å². The summed E-state index contributed by atoms with van der Waals surface area (Å²) in [4.78, 5) is 23.9. The van der Waals surface area contributed by atoms with Crippen molar-refractivity contribution < 1.29 is 9.59 Å². The third kappa shape index (κ3) is 6.20. The summed E-state index contributed by atoms with van der Waals surface area (Å²) < 4.78 is 0. The van der Waals surface area contributed by atoms with Gasteiger partial charge in [-0.15, -0.1) is 12.4 Å². The maximum absolute atomic E-state index is 12.0. The van der Waals surface area contributed by atoms with Crippen LogP contribution in [0.4, 0.5) is 0 Å². The molecule has 2 amide bonds. The Labute approximate surface area is 143 Å². The van der Waals surface area contributed by atoms with Crippen molar-refractivity contribution in [1.82, 2.24) is 10.6 Å². The van der Waals surface area contributed by atoms with E-state index in [1.807, 2.05) is 19.1 Å². The van der Waals surface area contributed by atoms with Crippen molar-refractivity contribution in [2.24, 2.45) is 11.7 Å². The molecule has 0 aromatic heterocycles. The SMILES string of the molecule is Cc1ccc(C(=O)NCCNC(=O)C2CCCC(N)C2)cc1.Cl. The molecule has 0 saturated heterocycles. The predicted octanol–water partition coefficient (Wildman–Crippen LogP) is 1.78. The van der Waals surface area contributed by atoms with Crippen molar-refractivity contribution in [3.8, 4) is 0 Å². The number of carbonyl (C=O) groups excluding carboxylic acids is 2. The van der Waals surface area contributed by atoms with Gasteiger partial charge in [0, 0.05) is 30.6 Å². The van der Waals surface area contributed by atoms with Gasteiger partial charge in [0.1, 0.15) is 0 Å². The first kappa shape index (κ1) is 19.5. The van der Waals surface area contributed by atoms with Crippen LogP contribution in [-0.2, 0) is 4.79 Å². The summed E-state index contributed by atoms with van der Waals surface area (Å²) in [5.74, 6) is -0.0368. The highest BCUT2D eigenvalue weighted by Gasteiger charge is 2.24. The fourth-order valence-electron chi connectivity index (χ4n) is 2.78. The topological polar surface area (TPSA) is 84.2 Å². The lowest BCUT2D eigenvalue weighted by atomic mass is 9.85. The van der Waals surface area contributed by atoms with Crippen LogP contribution in [0.25, 0.3) is 0 Å². The summed E-state index contributed by atoms with van der Waals surface area (Å²) >= 11 is 0. The zero-order chi connectivity index (χ0) is 15.9. The van der Waals surface area contributed by atoms with Gasteiger partial charge in [-0.3, -0.25) is 9.59 Å². The van der Waals surface area contributed by atoms with E-state index in [-0.39, 0.29) is 36.2 Å². The van der Waals surface area contributed by atoms with Gasteiger partial charge in [0.05, 0.1) is 0 Å². The Morgan fingerprint density at radius 2 is 1.78 bits per heavy atom. The number of hydrogen-bond acceptors (Lipinski definition) is 3. The Bertz CT molecular complexity index is 519. The third-order valence-electron chi connectivity index (χ3n) is 4.11. The van der Waals surface area contributed by atoms with E-state index in [1.165, 1.54) is 0 Å². The Balaban J connectivity index is 0.00000264. The Kier molecular flexibility index (Phi) is 8.06. The summed E-state index contributed by atoms with van der Waals surface area (Å²) in [6, 6.07) is 7.55. The predicted molar refractivity (Wildman–Crippen MR) is 93.7 cm³/mol. The summed E-state index contributed by atoms with van der Waals surface area (Å²) in [6.07, 6.45) is 3.70. The quantitative estimate of drug-likeness (QED) is 0.715. The van der Waals surface area contributed by atoms with Crippen LogP contribution in [0.2, 0.25) is 0 Å². The van der Waals surface area contributed by atoms with E-state index in [9.17, 15) is 9.59 Å². The molecule has 6 heteroatoms. The van der Waals surface area contributed by atoms with Gasteiger partial charge in [0.25, 0.3) is 5.91 Å². The monoisotopic (exact) mass is 339 g/mol. The minimum absolute atomic E-state index is 0. The number of carbonyl (C=O) groups is 2. The van der Waals surface area contributed by atoms with Crippen LogP contribution in [-0.4, -0.2) is 30.9 Å². The van der Waals surface area contributed by atoms with Crippen molar-refractivity contribution in [1.29, 1.82) is 0 Å². The Hall–Kier alpha value is -1.59. The fraction of sp³-hybridized carbons (Fsp3) is 0.529. The number of rotatable bonds is 5. The van der Waals surface area contributed by atoms with E-state index < -0.39 is 0 Å². The molecule has 2 rings (SSSR count). The molecule has 128 valence electrons. The molecule has 23 heavy (non-hydrogen) atoms. The zero-order valence-electron chi connectivity index (χ0n) is 13.5. The molecule has 4 N–H and O–H groups in total. The van der Waals surface area contributed by atoms with Crippen LogP contribution in [0.1, 0.15) is 41.6 Å². The van der Waals surface area contributed by atoms with Crippen LogP contribution >= 0.6 is 12.4 Å². The molecular formula is C17H26ClN3O2. The van der Waals surface area contributed by atoms with Gasteiger partial charge in [-0.05, 0) is 38.3 Å². The van der Waals surface area contributed by atoms with Gasteiger partial charge in [0.15, 0.2) is 0 Å². The number of benzene rings is 1. The fourth-order valence-corrected chi connectivity index (χ4v) is 2.78. The zero-order valence-corrected chi connectivity index (χ0v) is 14.3. The summed E-state index contributed by atoms with van der Waals surface area (Å²) in [7, 11) is 0. The normalized spacial score (nSPS) is 20.3. The molecule has 0 radical (unpaired) electrons. The number of hydrogen-bond donors (Lipinski definition) is 3. The maximum Gasteiger partial charge on any atom is 0.251 e. The van der Waals surface area contributed by atoms with Crippen molar-refractivity contribution in [2.45, 2.75) is 38.6 Å². The number of halogens is 1. The molecule has 0 heterocycles. The smallest absolute Gasteiger partial charge is 0.251 e. The molecule has 1 aromatic rings. The number of amides is 2. The summed E-state index contributed by atoms with van der Waals surface area (Å²) in [6.45, 7) is 2.85. The molecule has 2 unspecified atom stereocenters. The van der Waals surface area contributed by atoms with E-state index >= 15 is 0 Å². The first-order chi connectivity index (χ1) is 10.6. The second-order valence-corrected chi connectivity index (χ2v) is 6.04. The number of nitrogens with two attached hydrogens (primary N) is 1. The van der Waals surface area contributed by atoms with E-state index in [2.05, 4.69) is 10.6 Å². The second kappa shape index (κ2) is 9.53. The van der Waals surface area contributed by atoms with Crippen LogP contribution in [0.5, 0.6) is 0 Å². The highest BCUT2D eigenvalue weighted by Crippen LogP contribution is 2.22. The molecular weight excluding hydrogens is 314 g/mol. The summed E-state index contributed by atoms with van der Waals surface area (Å²) in [5, 5.41) is 5.69. The lowest BCUT2D eigenvalue weighted by Gasteiger charge is -2.25. The van der Waals surface area contributed by atoms with E-state index in [0.717, 1.165) is 31.2 Å². The minimum atomic E-state index is -0.117. The van der Waals surface area contributed by atoms with Gasteiger partial charge in [-0.1, -0.05) is 24.1 Å². The van der Waals surface area contributed by atoms with Crippen LogP contribution in [0.3, 0.4) is 0 Å². The standard InChI is InChI=1S/C17H25N3O2.ClH/c1-12-5-7-13(8-6-12)16(21)19-9-10-20-17(22)14-3-2-4-15(18)11-14;/h5-8,14-15H,2-4,9-11,18H2,1H3,(H,19,21)(H,20,22);1H. The van der Waals surface area contributed by atoms with Crippen LogP contribution < -0.4 is 16.4 Å². The van der Waals surface area contributed by atoms with Gasteiger partial charge < -0.3 is 16.4 Å². The van der Waals surface area contributed by atoms with Gasteiger partial charge in [-0.25, -0.2) is 0 Å². The summed E-state index contributed by atoms with van der Waals surface area (Å²) in [5.41, 5.74) is 7.65. The van der Waals surface area contributed by atoms with Crippen molar-refractivity contribution in [2.75, 3.05) is 13.1 Å². The molecule has 0 spiro atoms. The van der Waals surface area contributed by atoms with Crippen LogP contribution in [0.15, 0.2) is 24.3 Å². The van der Waals surface area contributed by atoms with E-state index in [0.29, 0.717) is 18.7 Å². The maximum atomic E-state index is 12.0. The van der Waals surface area contributed by atoms with Gasteiger partial charge in [0.2, 0.25) is 5.91 Å². The van der Waals surface area contributed by atoms with E-state index in [1.54, 1.807) is 12.1 Å². The molecule has 0 aliphatic heterocycles. The van der Waals surface area contributed by atoms with Crippen molar-refractivity contribution in [3.63, 3.8) is 0 Å². The molecule has 1 aliphatic carbocycles. The van der Waals surface area contributed by atoms with Crippen LogP contribution in [0, 0.1) is 12.8 Å². The lowest BCUT2D eigenvalue weighted by molar-refractivity contribution is -0.126. The highest BCUT2D eigenvalue weighted by molar-refractivity contribution is 5.94. The first-order valence-electron chi connectivity index (χ1n) is 7.94. The molecule has 1 aliphatic rings. The average Bonchev–Trinajstić information content (AvgIpc) is 2.51. The minimum Gasteiger partial charge on any atom is -0.354 e. The molecule has 1 fully saturated rings. The van der Waals surface area contributed by atoms with Gasteiger partial charge >= 0.3 is 0 Å². The highest BCUT2D eigenvalue weighted by atomic mass is 35.5. The second-order valence-electron chi connectivity index (χ2n) is 6.04. The molecule has 1 aromatic carbocycles. The van der Waals surface area contributed by atoms with E-state index in [4.69, 9.17) is 5.73 Å². The van der Waals surface area contributed by atoms with Gasteiger partial charge in [-0.2, -0.15) is 0 Å². The molecule has 1 saturated carbocycles. The number of aryl methyl sites for hydroxylation is 1. The lowest BCUT2D eigenvalue weighted by Crippen LogP contribution is -2.40. The third-order valence-corrected chi connectivity index (χ3v) is 4.11. The number of nitrogens with one attached hydrogen (secondary N) is 2.